The molecular weight excluding hydrogens is 317 g/mol. The summed E-state index contributed by atoms with van der Waals surface area (Å²) in [6.07, 6.45) is -3.08. The first kappa shape index (κ1) is 17.2. The number of carbonyl (C=O) groups excluding carboxylic acids is 1. The maximum atomic E-state index is 12.7. The monoisotopic (exact) mass is 325 g/mol. The fourth-order valence-corrected chi connectivity index (χ4v) is 2.16. The molecule has 0 unspecified atom stereocenters. The van der Waals surface area contributed by atoms with E-state index in [4.69, 9.17) is 5.26 Å². The number of carbonyl (C=O) groups is 1. The van der Waals surface area contributed by atoms with Gasteiger partial charge in [0.1, 0.15) is 6.07 Å². The minimum atomic E-state index is -4.78. The van der Waals surface area contributed by atoms with E-state index in [9.17, 15) is 26.7 Å². The van der Waals surface area contributed by atoms with Gasteiger partial charge in [-0.1, -0.05) is 0 Å². The molecule has 0 radical (unpaired) electrons. The lowest BCUT2D eigenvalue weighted by Crippen LogP contribution is -2.10. The number of nitriles is 1. The van der Waals surface area contributed by atoms with Crippen molar-refractivity contribution in [3.63, 3.8) is 0 Å². The molecule has 0 aliphatic heterocycles. The predicted molar refractivity (Wildman–Crippen MR) is 64.0 cm³/mol. The molecule has 0 heterocycles. The molecule has 0 atom stereocenters. The first-order chi connectivity index (χ1) is 9.69. The zero-order valence-electron chi connectivity index (χ0n) is 10.5. The van der Waals surface area contributed by atoms with E-state index in [1.165, 1.54) is 13.0 Å². The summed E-state index contributed by atoms with van der Waals surface area (Å²) in [4.78, 5) is 10.8. The van der Waals surface area contributed by atoms with Crippen LogP contribution in [0.5, 0.6) is 0 Å². The van der Waals surface area contributed by atoms with Gasteiger partial charge in [0, 0.05) is 10.5 Å². The Bertz CT molecular complexity index is 580. The molecule has 0 saturated heterocycles. The topological polar surface area (TPSA) is 50.1 Å². The standard InChI is InChI=1S/C12H8F5NO2S/c1-2-20-11(19)7-3-6(10(13)14)4-9(8(7)5-18)21-12(15,16)17/h3-4,10H,2H2,1H3. The van der Waals surface area contributed by atoms with Gasteiger partial charge in [-0.05, 0) is 30.8 Å². The van der Waals surface area contributed by atoms with Gasteiger partial charge in [0.25, 0.3) is 6.43 Å². The second-order valence-corrected chi connectivity index (χ2v) is 4.73. The molecule has 1 aromatic carbocycles. The van der Waals surface area contributed by atoms with Crippen molar-refractivity contribution in [2.75, 3.05) is 6.61 Å². The number of esters is 1. The zero-order chi connectivity index (χ0) is 16.2. The molecule has 0 fully saturated rings. The Morgan fingerprint density at radius 2 is 2.05 bits per heavy atom. The number of nitrogens with zero attached hydrogens (tertiary/aromatic N) is 1. The lowest BCUT2D eigenvalue weighted by atomic mass is 10.0. The molecule has 0 amide bonds. The third kappa shape index (κ3) is 4.60. The Balaban J connectivity index is 3.48. The number of rotatable bonds is 4. The fraction of sp³-hybridized carbons (Fsp3) is 0.333. The third-order valence-electron chi connectivity index (χ3n) is 2.21. The van der Waals surface area contributed by atoms with E-state index < -0.39 is 51.3 Å². The van der Waals surface area contributed by atoms with Gasteiger partial charge in [-0.15, -0.1) is 0 Å². The van der Waals surface area contributed by atoms with Gasteiger partial charge in [-0.25, -0.2) is 13.6 Å². The van der Waals surface area contributed by atoms with Crippen LogP contribution >= 0.6 is 11.8 Å². The quantitative estimate of drug-likeness (QED) is 0.471. The number of hydrogen-bond acceptors (Lipinski definition) is 4. The van der Waals surface area contributed by atoms with Crippen molar-refractivity contribution in [3.8, 4) is 6.07 Å². The number of alkyl halides is 5. The summed E-state index contributed by atoms with van der Waals surface area (Å²) in [5.74, 6) is -1.12. The summed E-state index contributed by atoms with van der Waals surface area (Å²) in [5, 5.41) is 8.92. The van der Waals surface area contributed by atoms with Crippen LogP contribution < -0.4 is 0 Å². The molecule has 0 bridgehead atoms. The maximum Gasteiger partial charge on any atom is 0.446 e. The molecule has 3 nitrogen and oxygen atoms in total. The normalized spacial score (nSPS) is 11.3. The van der Waals surface area contributed by atoms with Gasteiger partial charge in [0.2, 0.25) is 0 Å². The van der Waals surface area contributed by atoms with Crippen molar-refractivity contribution in [2.24, 2.45) is 0 Å². The molecule has 0 aliphatic rings. The molecule has 21 heavy (non-hydrogen) atoms. The van der Waals surface area contributed by atoms with Crippen molar-refractivity contribution in [3.05, 3.63) is 28.8 Å². The summed E-state index contributed by atoms with van der Waals surface area (Å²) in [6, 6.07) is 2.64. The number of thioether (sulfide) groups is 1. The van der Waals surface area contributed by atoms with Crippen LogP contribution in [-0.2, 0) is 4.74 Å². The molecule has 0 saturated carbocycles. The van der Waals surface area contributed by atoms with Crippen molar-refractivity contribution in [1.82, 2.24) is 0 Å². The highest BCUT2D eigenvalue weighted by molar-refractivity contribution is 8.00. The van der Waals surface area contributed by atoms with Crippen molar-refractivity contribution in [2.45, 2.75) is 23.8 Å². The average Bonchev–Trinajstić information content (AvgIpc) is 2.36. The second-order valence-electron chi connectivity index (χ2n) is 3.62. The minimum absolute atomic E-state index is 0.107. The third-order valence-corrected chi connectivity index (χ3v) is 2.98. The van der Waals surface area contributed by atoms with E-state index in [0.717, 1.165) is 0 Å². The van der Waals surface area contributed by atoms with Crippen LogP contribution in [0.3, 0.4) is 0 Å². The Morgan fingerprint density at radius 1 is 1.43 bits per heavy atom. The summed E-state index contributed by atoms with van der Waals surface area (Å²) < 4.78 is 67.3. The highest BCUT2D eigenvalue weighted by atomic mass is 32.2. The lowest BCUT2D eigenvalue weighted by Gasteiger charge is -2.13. The van der Waals surface area contributed by atoms with E-state index in [1.54, 1.807) is 0 Å². The highest BCUT2D eigenvalue weighted by Crippen LogP contribution is 2.41. The Kier molecular flexibility index (Phi) is 5.54. The van der Waals surface area contributed by atoms with Crippen LogP contribution in [0.25, 0.3) is 0 Å². The SMILES string of the molecule is CCOC(=O)c1cc(C(F)F)cc(SC(F)(F)F)c1C#N. The van der Waals surface area contributed by atoms with Crippen LogP contribution in [0, 0.1) is 11.3 Å². The van der Waals surface area contributed by atoms with E-state index in [1.807, 2.05) is 0 Å². The molecule has 0 aliphatic carbocycles. The van der Waals surface area contributed by atoms with Crippen molar-refractivity contribution < 1.29 is 31.5 Å². The number of ether oxygens (including phenoxy) is 1. The number of halogens is 5. The van der Waals surface area contributed by atoms with E-state index >= 15 is 0 Å². The second kappa shape index (κ2) is 6.76. The van der Waals surface area contributed by atoms with Crippen LogP contribution in [0.2, 0.25) is 0 Å². The maximum absolute atomic E-state index is 12.7. The van der Waals surface area contributed by atoms with Gasteiger partial charge >= 0.3 is 11.5 Å². The summed E-state index contributed by atoms with van der Waals surface area (Å²) in [6.45, 7) is 1.33. The van der Waals surface area contributed by atoms with Crippen LogP contribution in [0.1, 0.15) is 34.8 Å². The van der Waals surface area contributed by atoms with Gasteiger partial charge in [-0.2, -0.15) is 18.4 Å². The zero-order valence-corrected chi connectivity index (χ0v) is 11.3. The molecule has 0 aromatic heterocycles. The first-order valence-electron chi connectivity index (χ1n) is 5.48. The van der Waals surface area contributed by atoms with E-state index in [0.29, 0.717) is 12.1 Å². The van der Waals surface area contributed by atoms with Gasteiger partial charge in [-0.3, -0.25) is 0 Å². The number of benzene rings is 1. The Labute approximate surface area is 120 Å². The van der Waals surface area contributed by atoms with Gasteiger partial charge in [0.15, 0.2) is 0 Å². The summed E-state index contributed by atoms with van der Waals surface area (Å²) >= 11 is -0.730. The molecule has 0 spiro atoms. The smallest absolute Gasteiger partial charge is 0.446 e. The van der Waals surface area contributed by atoms with Crippen LogP contribution in [0.4, 0.5) is 22.0 Å². The first-order valence-corrected chi connectivity index (χ1v) is 6.30. The minimum Gasteiger partial charge on any atom is -0.462 e. The van der Waals surface area contributed by atoms with Crippen LogP contribution in [-0.4, -0.2) is 18.1 Å². The Morgan fingerprint density at radius 3 is 2.48 bits per heavy atom. The number of hydrogen-bond donors (Lipinski definition) is 0. The molecule has 9 heteroatoms. The van der Waals surface area contributed by atoms with E-state index in [-0.39, 0.29) is 6.61 Å². The largest absolute Gasteiger partial charge is 0.462 e. The molecule has 1 rings (SSSR count). The predicted octanol–water partition coefficient (Wildman–Crippen LogP) is 4.28. The van der Waals surface area contributed by atoms with Crippen molar-refractivity contribution in [1.29, 1.82) is 5.26 Å². The summed E-state index contributed by atoms with van der Waals surface area (Å²) in [7, 11) is 0. The summed E-state index contributed by atoms with van der Waals surface area (Å²) in [5.41, 5.74) is -6.81. The van der Waals surface area contributed by atoms with Crippen molar-refractivity contribution >= 4 is 17.7 Å². The molecule has 1 aromatic rings. The molecule has 114 valence electrons. The van der Waals surface area contributed by atoms with Gasteiger partial charge < -0.3 is 4.74 Å². The molecular formula is C12H8F5NO2S. The van der Waals surface area contributed by atoms with E-state index in [2.05, 4.69) is 4.74 Å². The van der Waals surface area contributed by atoms with Gasteiger partial charge in [0.05, 0.1) is 17.7 Å². The lowest BCUT2D eigenvalue weighted by molar-refractivity contribution is -0.0328. The highest BCUT2D eigenvalue weighted by Gasteiger charge is 2.33. The average molecular weight is 325 g/mol. The fourth-order valence-electron chi connectivity index (χ4n) is 1.45. The Hall–Kier alpha value is -1.82. The molecule has 0 N–H and O–H groups in total. The van der Waals surface area contributed by atoms with Crippen LogP contribution in [0.15, 0.2) is 17.0 Å².